The molecule has 0 amide bonds. The number of aryl methyl sites for hydroxylation is 2. The van der Waals surface area contributed by atoms with Crippen LogP contribution in [0.1, 0.15) is 37.0 Å². The second-order valence-corrected chi connectivity index (χ2v) is 8.74. The SMILES string of the molecule is Cc1noc(C)c1S(=O)(=O)N1CCN(c2nc(C(C)C)ns2)CC1. The Kier molecular flexibility index (Phi) is 4.63. The van der Waals surface area contributed by atoms with Crippen LogP contribution in [0.25, 0.3) is 0 Å². The van der Waals surface area contributed by atoms with Crippen molar-refractivity contribution in [2.24, 2.45) is 0 Å². The van der Waals surface area contributed by atoms with Crippen LogP contribution in [0.15, 0.2) is 9.42 Å². The summed E-state index contributed by atoms with van der Waals surface area (Å²) in [7, 11) is -3.58. The van der Waals surface area contributed by atoms with Crippen molar-refractivity contribution in [3.63, 3.8) is 0 Å². The zero-order chi connectivity index (χ0) is 17.5. The van der Waals surface area contributed by atoms with Crippen molar-refractivity contribution < 1.29 is 12.9 Å². The van der Waals surface area contributed by atoms with Crippen LogP contribution >= 0.6 is 11.5 Å². The van der Waals surface area contributed by atoms with E-state index in [0.29, 0.717) is 37.6 Å². The molecule has 0 spiro atoms. The van der Waals surface area contributed by atoms with Gasteiger partial charge in [-0.2, -0.15) is 8.68 Å². The van der Waals surface area contributed by atoms with Gasteiger partial charge in [0.25, 0.3) is 0 Å². The predicted octanol–water partition coefficient (Wildman–Crippen LogP) is 1.78. The molecule has 3 rings (SSSR count). The molecule has 0 unspecified atom stereocenters. The largest absolute Gasteiger partial charge is 0.360 e. The molecule has 0 atom stereocenters. The lowest BCUT2D eigenvalue weighted by atomic mass is 10.2. The Balaban J connectivity index is 1.72. The Bertz CT molecular complexity index is 800. The predicted molar refractivity (Wildman–Crippen MR) is 90.9 cm³/mol. The maximum Gasteiger partial charge on any atom is 0.248 e. The van der Waals surface area contributed by atoms with Crippen LogP contribution in [0, 0.1) is 13.8 Å². The Labute approximate surface area is 145 Å². The second-order valence-electron chi connectivity index (χ2n) is 6.13. The van der Waals surface area contributed by atoms with Crippen LogP contribution in [0.5, 0.6) is 0 Å². The first-order valence-corrected chi connectivity index (χ1v) is 10.0. The number of hydrogen-bond acceptors (Lipinski definition) is 8. The van der Waals surface area contributed by atoms with Gasteiger partial charge in [0.1, 0.15) is 16.4 Å². The number of anilines is 1. The molecule has 0 aliphatic carbocycles. The molecule has 2 aromatic rings. The summed E-state index contributed by atoms with van der Waals surface area (Å²) in [5.74, 6) is 1.46. The smallest absolute Gasteiger partial charge is 0.248 e. The topological polar surface area (TPSA) is 92.4 Å². The van der Waals surface area contributed by atoms with Crippen molar-refractivity contribution >= 4 is 26.7 Å². The van der Waals surface area contributed by atoms with E-state index in [0.717, 1.165) is 11.0 Å². The summed E-state index contributed by atoms with van der Waals surface area (Å²) in [5.41, 5.74) is 0.403. The monoisotopic (exact) mass is 371 g/mol. The Morgan fingerprint density at radius 2 is 1.83 bits per heavy atom. The molecule has 1 fully saturated rings. The van der Waals surface area contributed by atoms with E-state index in [1.165, 1.54) is 15.8 Å². The molecule has 1 saturated heterocycles. The number of nitrogens with zero attached hydrogens (tertiary/aromatic N) is 5. The zero-order valence-corrected chi connectivity index (χ0v) is 15.8. The van der Waals surface area contributed by atoms with E-state index in [4.69, 9.17) is 4.52 Å². The molecule has 24 heavy (non-hydrogen) atoms. The highest BCUT2D eigenvalue weighted by atomic mass is 32.2. The summed E-state index contributed by atoms with van der Waals surface area (Å²) < 4.78 is 36.5. The van der Waals surface area contributed by atoms with Gasteiger partial charge in [0.15, 0.2) is 5.76 Å². The number of rotatable bonds is 4. The fraction of sp³-hybridized carbons (Fsp3) is 0.643. The maximum absolute atomic E-state index is 12.8. The summed E-state index contributed by atoms with van der Waals surface area (Å²) in [6.45, 7) is 9.38. The summed E-state index contributed by atoms with van der Waals surface area (Å²) in [5, 5.41) is 4.61. The molecule has 3 heterocycles. The molecular weight excluding hydrogens is 350 g/mol. The third-order valence-corrected chi connectivity index (χ3v) is 6.96. The van der Waals surface area contributed by atoms with Gasteiger partial charge in [-0.25, -0.2) is 13.4 Å². The van der Waals surface area contributed by atoms with Crippen LogP contribution < -0.4 is 4.90 Å². The first-order chi connectivity index (χ1) is 11.3. The molecule has 0 radical (unpaired) electrons. The van der Waals surface area contributed by atoms with E-state index in [2.05, 4.69) is 33.3 Å². The van der Waals surface area contributed by atoms with Crippen LogP contribution in [-0.4, -0.2) is 53.4 Å². The first kappa shape index (κ1) is 17.3. The van der Waals surface area contributed by atoms with Crippen LogP contribution in [-0.2, 0) is 10.0 Å². The van der Waals surface area contributed by atoms with E-state index in [1.54, 1.807) is 13.8 Å². The van der Waals surface area contributed by atoms with Crippen LogP contribution in [0.2, 0.25) is 0 Å². The van der Waals surface area contributed by atoms with Gasteiger partial charge in [-0.15, -0.1) is 0 Å². The van der Waals surface area contributed by atoms with E-state index >= 15 is 0 Å². The standard InChI is InChI=1S/C14H21N5O3S2/c1-9(2)13-15-14(23-17-13)18-5-7-19(8-6-18)24(20,21)12-10(3)16-22-11(12)4/h9H,5-8H2,1-4H3. The van der Waals surface area contributed by atoms with Crippen molar-refractivity contribution in [2.45, 2.75) is 38.5 Å². The molecule has 0 N–H and O–H groups in total. The quantitative estimate of drug-likeness (QED) is 0.809. The molecule has 10 heteroatoms. The van der Waals surface area contributed by atoms with Gasteiger partial charge in [-0.1, -0.05) is 19.0 Å². The summed E-state index contributed by atoms with van der Waals surface area (Å²) in [6.07, 6.45) is 0. The molecule has 0 bridgehead atoms. The van der Waals surface area contributed by atoms with E-state index in [-0.39, 0.29) is 10.8 Å². The maximum atomic E-state index is 12.8. The minimum atomic E-state index is -3.58. The van der Waals surface area contributed by atoms with Gasteiger partial charge < -0.3 is 9.42 Å². The number of hydrogen-bond donors (Lipinski definition) is 0. The van der Waals surface area contributed by atoms with Crippen molar-refractivity contribution in [1.82, 2.24) is 18.8 Å². The average Bonchev–Trinajstić information content (AvgIpc) is 3.15. The summed E-state index contributed by atoms with van der Waals surface area (Å²) >= 11 is 1.37. The second kappa shape index (κ2) is 6.41. The molecule has 1 aliphatic rings. The molecule has 2 aromatic heterocycles. The molecule has 0 saturated carbocycles. The van der Waals surface area contributed by atoms with Gasteiger partial charge in [-0.05, 0) is 13.8 Å². The number of aromatic nitrogens is 3. The van der Waals surface area contributed by atoms with Gasteiger partial charge in [-0.3, -0.25) is 0 Å². The average molecular weight is 371 g/mol. The van der Waals surface area contributed by atoms with E-state index in [9.17, 15) is 8.42 Å². The number of sulfonamides is 1. The van der Waals surface area contributed by atoms with Crippen molar-refractivity contribution in [1.29, 1.82) is 0 Å². The molecule has 1 aliphatic heterocycles. The Hall–Kier alpha value is -1.52. The normalized spacial score (nSPS) is 17.0. The zero-order valence-electron chi connectivity index (χ0n) is 14.2. The van der Waals surface area contributed by atoms with Gasteiger partial charge in [0.2, 0.25) is 15.2 Å². The fourth-order valence-electron chi connectivity index (χ4n) is 2.68. The Morgan fingerprint density at radius 3 is 2.33 bits per heavy atom. The molecular formula is C14H21N5O3S2. The lowest BCUT2D eigenvalue weighted by Gasteiger charge is -2.33. The van der Waals surface area contributed by atoms with E-state index in [1.807, 2.05) is 0 Å². The van der Waals surface area contributed by atoms with Crippen molar-refractivity contribution in [3.8, 4) is 0 Å². The molecule has 0 aromatic carbocycles. The third-order valence-electron chi connectivity index (χ3n) is 4.02. The third kappa shape index (κ3) is 3.05. The first-order valence-electron chi connectivity index (χ1n) is 7.82. The van der Waals surface area contributed by atoms with Crippen molar-refractivity contribution in [3.05, 3.63) is 17.3 Å². The van der Waals surface area contributed by atoms with Gasteiger partial charge >= 0.3 is 0 Å². The highest BCUT2D eigenvalue weighted by molar-refractivity contribution is 7.89. The minimum Gasteiger partial charge on any atom is -0.360 e. The Morgan fingerprint density at radius 1 is 1.17 bits per heavy atom. The lowest BCUT2D eigenvalue weighted by molar-refractivity contribution is 0.378. The highest BCUT2D eigenvalue weighted by Crippen LogP contribution is 2.26. The van der Waals surface area contributed by atoms with Gasteiger partial charge in [0, 0.05) is 43.6 Å². The van der Waals surface area contributed by atoms with Crippen LogP contribution in [0.4, 0.5) is 5.13 Å². The summed E-state index contributed by atoms with van der Waals surface area (Å²) in [6, 6.07) is 0. The van der Waals surface area contributed by atoms with E-state index < -0.39 is 10.0 Å². The lowest BCUT2D eigenvalue weighted by Crippen LogP contribution is -2.48. The van der Waals surface area contributed by atoms with Crippen LogP contribution in [0.3, 0.4) is 0 Å². The minimum absolute atomic E-state index is 0.189. The van der Waals surface area contributed by atoms with Crippen molar-refractivity contribution in [2.75, 3.05) is 31.1 Å². The van der Waals surface area contributed by atoms with Gasteiger partial charge in [0.05, 0.1) is 0 Å². The molecule has 8 nitrogen and oxygen atoms in total. The number of piperazine rings is 1. The fourth-order valence-corrected chi connectivity index (χ4v) is 5.25. The molecule has 132 valence electrons. The highest BCUT2D eigenvalue weighted by Gasteiger charge is 2.33. The summed E-state index contributed by atoms with van der Waals surface area (Å²) in [4.78, 5) is 6.81.